The summed E-state index contributed by atoms with van der Waals surface area (Å²) in [4.78, 5) is 12.6. The molecule has 19 aliphatic heterocycles. The van der Waals surface area contributed by atoms with Crippen LogP contribution in [0.4, 0.5) is 0 Å². The summed E-state index contributed by atoms with van der Waals surface area (Å²) in [7, 11) is -10.3. The molecule has 20 bridgehead atoms. The Morgan fingerprint density at radius 3 is 0.753 bits per heavy atom. The van der Waals surface area contributed by atoms with Crippen molar-refractivity contribution in [1.29, 1.82) is 0 Å². The van der Waals surface area contributed by atoms with E-state index in [1.54, 1.807) is 0 Å². The van der Waals surface area contributed by atoms with Crippen molar-refractivity contribution in [2.75, 3.05) is 46.2 Å². The highest BCUT2D eigenvalue weighted by atomic mass is 32.2. The third-order valence-corrected chi connectivity index (χ3v) is 20.5. The molecule has 0 saturated carbocycles. The maximum Gasteiger partial charge on any atom is 0.297 e. The fraction of sp³-hybridized carbons (Fsp3) is 0.764. The van der Waals surface area contributed by atoms with Crippen molar-refractivity contribution < 1.29 is 193 Å². The standard InChI is InChI=1S/C55H76O40S2/c56-9-20-42-29(63)36(70)50(83-20)91-44-22(11-58)85-52(38(72)31(44)65)94-47-25-14-80-96(76,77)18-5-1-3-16(7-18)27(61)17-4-2-6-19(8-17)97(78,79)81-15-26-48(95-53-39(73)32(66)46(24(13-60)86-53)93-55(88-25)41(75)34(47)68)33(67)40(74)54(87-26)92-45-23(12-59)84-51(37(71)30(45)64)90-43-21(10-57)82-49(89-42)35(69)28(43)62/h1-8,20-26,28-60,62-75H,9-15H2/t20-,21-,22-,23-,24-,25-,26-,28-,29-,30-,31-,32-,33-,34-,35-,36-,37-,38-,39-,40-,41-,42-,43-,44-,45-,46-,47-,48-,49-,50-,51-,52-,53-,54-,55-/m1/s1. The van der Waals surface area contributed by atoms with E-state index in [4.69, 9.17) is 74.7 Å². The molecule has 19 aliphatic rings. The van der Waals surface area contributed by atoms with Crippen LogP contribution in [-0.4, -0.2) is 381 Å². The highest BCUT2D eigenvalue weighted by Crippen LogP contribution is 2.40. The van der Waals surface area contributed by atoms with Crippen LogP contribution in [0.5, 0.6) is 0 Å². The van der Waals surface area contributed by atoms with Gasteiger partial charge in [0.25, 0.3) is 20.2 Å². The number of ketones is 1. The average Bonchev–Trinajstić information content (AvgIpc) is 0.784. The van der Waals surface area contributed by atoms with Gasteiger partial charge in [-0.05, 0) is 24.3 Å². The molecule has 0 unspecified atom stereocenters. The van der Waals surface area contributed by atoms with Gasteiger partial charge >= 0.3 is 0 Å². The molecule has 0 radical (unpaired) electrons. The lowest BCUT2D eigenvalue weighted by Gasteiger charge is -2.50. The normalized spacial score (nSPS) is 48.5. The van der Waals surface area contributed by atoms with Crippen LogP contribution in [0.15, 0.2) is 58.3 Å². The first-order valence-corrected chi connectivity index (χ1v) is 33.1. The molecule has 35 atom stereocenters. The SMILES string of the molecule is O=C1c2cccc(c2)S(=O)(=O)OC[C@H]2O[C@@H]3O[C@H]4[C@H](O)[C@@H](O)[C@@H](O[C@H]5[C@H](O)[C@@H](O)[C@@H](O[C@H]6[C@H](O)[C@@H](O)[C@@H](O[C@H]7[C@H](O)[C@@H](O)[C@@H](O[C@H]8[C@H](O)[C@@H](O)[C@@H](O[C@H]9[C@H](O)[C@@H](O)[C@@H](O[C@H]2[C@H](O)[C@H]3O)O[C@@H]9CO)O[C@@H]8COS(=O)(=O)c2cccc1c2)O[C@@H]7CO)O[C@@H]6CO)O[C@@H]5CO)O[C@@H]4CO. The van der Waals surface area contributed by atoms with E-state index in [9.17, 15) is 119 Å². The lowest BCUT2D eigenvalue weighted by atomic mass is 9.95. The second kappa shape index (κ2) is 30.5. The van der Waals surface area contributed by atoms with Crippen molar-refractivity contribution in [2.45, 2.75) is 225 Å². The van der Waals surface area contributed by atoms with E-state index in [0.29, 0.717) is 0 Å². The zero-order valence-electron chi connectivity index (χ0n) is 50.2. The van der Waals surface area contributed by atoms with E-state index in [0.717, 1.165) is 48.5 Å². The van der Waals surface area contributed by atoms with Crippen molar-refractivity contribution >= 4 is 26.0 Å². The Morgan fingerprint density at radius 2 is 0.515 bits per heavy atom. The molecule has 0 amide bonds. The second-order valence-electron chi connectivity index (χ2n) is 24.1. The third-order valence-electron chi connectivity index (χ3n) is 18.0. The second-order valence-corrected chi connectivity index (χ2v) is 27.4. The molecule has 2 aromatic rings. The van der Waals surface area contributed by atoms with Gasteiger partial charge < -0.3 is 163 Å². The molecule has 0 aromatic heterocycles. The smallest absolute Gasteiger partial charge is 0.297 e. The van der Waals surface area contributed by atoms with Gasteiger partial charge in [-0.2, -0.15) is 16.8 Å². The van der Waals surface area contributed by atoms with E-state index < -0.39 is 308 Å². The fourth-order valence-electron chi connectivity index (χ4n) is 12.6. The van der Waals surface area contributed by atoms with Gasteiger partial charge in [0.2, 0.25) is 0 Å². The van der Waals surface area contributed by atoms with E-state index in [2.05, 4.69) is 0 Å². The van der Waals surface area contributed by atoms with Crippen LogP contribution in [0, 0.1) is 0 Å². The van der Waals surface area contributed by atoms with Crippen molar-refractivity contribution in [3.8, 4) is 0 Å². The summed E-state index contributed by atoms with van der Waals surface area (Å²) in [5.41, 5.74) is -0.802. The van der Waals surface area contributed by atoms with Crippen LogP contribution >= 0.6 is 0 Å². The van der Waals surface area contributed by atoms with E-state index in [1.807, 2.05) is 0 Å². The Kier molecular flexibility index (Phi) is 23.5. The number of rotatable bonds is 5. The van der Waals surface area contributed by atoms with Gasteiger partial charge in [0, 0.05) is 11.1 Å². The minimum absolute atomic E-state index is 0.398. The van der Waals surface area contributed by atoms with E-state index in [-0.39, 0.29) is 0 Å². The molecular weight excluding hydrogens is 1360 g/mol. The van der Waals surface area contributed by atoms with Crippen LogP contribution in [-0.2, 0) is 94.9 Å². The van der Waals surface area contributed by atoms with E-state index in [1.165, 1.54) is 0 Å². The molecule has 17 fully saturated rings. The minimum atomic E-state index is -5.14. The molecule has 40 nitrogen and oxygen atoms in total. The quantitative estimate of drug-likeness (QED) is 0.124. The van der Waals surface area contributed by atoms with E-state index >= 15 is 0 Å². The molecule has 19 heterocycles. The minimum Gasteiger partial charge on any atom is -0.394 e. The summed E-state index contributed by atoms with van der Waals surface area (Å²) in [5, 5.41) is 216. The third kappa shape index (κ3) is 14.8. The van der Waals surface area contributed by atoms with Crippen LogP contribution in [0.25, 0.3) is 0 Å². The molecule has 97 heavy (non-hydrogen) atoms. The van der Waals surface area contributed by atoms with Crippen molar-refractivity contribution in [3.05, 3.63) is 59.7 Å². The Balaban J connectivity index is 0.992. The van der Waals surface area contributed by atoms with Crippen LogP contribution in [0.3, 0.4) is 0 Å². The number of fused-ring (bicyclic) bond motifs is 6. The summed E-state index contributed by atoms with van der Waals surface area (Å²) >= 11 is 0. The van der Waals surface area contributed by atoms with Crippen LogP contribution in [0.2, 0.25) is 0 Å². The molecular formula is C55H76O40S2. The first kappa shape index (κ1) is 74.8. The molecule has 0 aliphatic carbocycles. The monoisotopic (exact) mass is 1440 g/mol. The maximum atomic E-state index is 14.1. The number of ether oxygens (including phenoxy) is 14. The molecule has 17 saturated heterocycles. The number of carbonyl (C=O) groups is 1. The highest BCUT2D eigenvalue weighted by Gasteiger charge is 2.60. The molecule has 0 spiro atoms. The van der Waals surface area contributed by atoms with Crippen LogP contribution in [0.1, 0.15) is 15.9 Å². The first-order valence-electron chi connectivity index (χ1n) is 30.3. The molecule has 21 rings (SSSR count). The molecule has 42 heteroatoms. The Bertz CT molecular complexity index is 3200. The zero-order chi connectivity index (χ0) is 70.0. The summed E-state index contributed by atoms with van der Waals surface area (Å²) in [6.07, 6.45) is -77.0. The van der Waals surface area contributed by atoms with Gasteiger partial charge in [-0.25, -0.2) is 0 Å². The largest absolute Gasteiger partial charge is 0.394 e. The summed E-state index contributed by atoms with van der Waals surface area (Å²) in [6.45, 7) is -8.39. The predicted molar refractivity (Wildman–Crippen MR) is 297 cm³/mol. The number of carbonyl (C=O) groups excluding carboxylic acids is 1. The first-order chi connectivity index (χ1) is 46.0. The number of aliphatic hydroxyl groups excluding tert-OH is 19. The lowest BCUT2D eigenvalue weighted by molar-refractivity contribution is -0.396. The van der Waals surface area contributed by atoms with Gasteiger partial charge in [0.05, 0.1) is 56.0 Å². The molecule has 548 valence electrons. The van der Waals surface area contributed by atoms with Gasteiger partial charge in [0.15, 0.2) is 49.8 Å². The van der Waals surface area contributed by atoms with Crippen LogP contribution < -0.4 is 0 Å². The molecule has 2 aromatic carbocycles. The summed E-state index contributed by atoms with van der Waals surface area (Å²) < 4.78 is 149. The summed E-state index contributed by atoms with van der Waals surface area (Å²) in [5.74, 6) is -1.00. The van der Waals surface area contributed by atoms with Gasteiger partial charge in [0.1, 0.15) is 171 Å². The van der Waals surface area contributed by atoms with Crippen molar-refractivity contribution in [2.24, 2.45) is 0 Å². The highest BCUT2D eigenvalue weighted by molar-refractivity contribution is 7.87. The topological polar surface area (TPSA) is 617 Å². The Hall–Kier alpha value is -3.39. The zero-order valence-corrected chi connectivity index (χ0v) is 51.8. The predicted octanol–water partition coefficient (Wildman–Crippen LogP) is -12.9. The Morgan fingerprint density at radius 1 is 0.299 bits per heavy atom. The van der Waals surface area contributed by atoms with Crippen molar-refractivity contribution in [3.63, 3.8) is 0 Å². The maximum absolute atomic E-state index is 14.1. The summed E-state index contributed by atoms with van der Waals surface area (Å²) in [6, 6.07) is 8.01. The number of benzene rings is 2. The number of hydrogen-bond donors (Lipinski definition) is 19. The fourth-order valence-corrected chi connectivity index (χ4v) is 14.5. The van der Waals surface area contributed by atoms with Crippen molar-refractivity contribution in [1.82, 2.24) is 0 Å². The number of aliphatic hydroxyl groups is 19. The average molecular weight is 1440 g/mol. The van der Waals surface area contributed by atoms with Gasteiger partial charge in [-0.15, -0.1) is 0 Å². The Labute approximate surface area is 548 Å². The molecule has 19 N–H and O–H groups in total. The number of hydrogen-bond acceptors (Lipinski definition) is 40. The van der Waals surface area contributed by atoms with Gasteiger partial charge in [-0.1, -0.05) is 24.3 Å². The lowest BCUT2D eigenvalue weighted by Crippen LogP contribution is -2.68. The van der Waals surface area contributed by atoms with Gasteiger partial charge in [-0.3, -0.25) is 13.2 Å².